The van der Waals surface area contributed by atoms with E-state index in [1.54, 1.807) is 41.2 Å². The molecule has 0 bridgehead atoms. The standard InChI is InChI=1S/C25H24N6O3S/c1-18(23(32)29-12-14-30(15-13-29)25-26-10-6-11-27-25)34-24(33)20-17-31(19-7-3-2-4-8-19)28-22(20)21-9-5-16-35-21/h2-11,16-18H,12-15H2,1H3. The van der Waals surface area contributed by atoms with E-state index in [9.17, 15) is 9.59 Å². The second kappa shape index (κ2) is 10.1. The molecule has 1 atom stereocenters. The van der Waals surface area contributed by atoms with Crippen LogP contribution in [-0.4, -0.2) is 68.8 Å². The van der Waals surface area contributed by atoms with Gasteiger partial charge in [0.25, 0.3) is 5.91 Å². The first kappa shape index (κ1) is 22.7. The predicted octanol–water partition coefficient (Wildman–Crippen LogP) is 3.28. The molecule has 5 rings (SSSR count). The number of carbonyl (C=O) groups is 2. The van der Waals surface area contributed by atoms with Gasteiger partial charge in [0, 0.05) is 44.8 Å². The minimum atomic E-state index is -0.918. The Kier molecular flexibility index (Phi) is 6.53. The number of carbonyl (C=O) groups excluding carboxylic acids is 2. The molecule has 0 saturated carbocycles. The number of esters is 1. The van der Waals surface area contributed by atoms with Gasteiger partial charge in [-0.1, -0.05) is 24.3 Å². The van der Waals surface area contributed by atoms with Crippen molar-refractivity contribution in [2.75, 3.05) is 31.1 Å². The van der Waals surface area contributed by atoms with Gasteiger partial charge in [-0.05, 0) is 36.6 Å². The van der Waals surface area contributed by atoms with Crippen molar-refractivity contribution in [1.29, 1.82) is 0 Å². The smallest absolute Gasteiger partial charge is 0.342 e. The highest BCUT2D eigenvalue weighted by Gasteiger charge is 2.30. The lowest BCUT2D eigenvalue weighted by molar-refractivity contribution is -0.140. The zero-order chi connectivity index (χ0) is 24.2. The lowest BCUT2D eigenvalue weighted by atomic mass is 10.2. The van der Waals surface area contributed by atoms with Crippen LogP contribution in [-0.2, 0) is 9.53 Å². The number of benzene rings is 1. The van der Waals surface area contributed by atoms with Crippen LogP contribution in [0.3, 0.4) is 0 Å². The second-order valence-corrected chi connectivity index (χ2v) is 9.01. The van der Waals surface area contributed by atoms with Crippen molar-refractivity contribution < 1.29 is 14.3 Å². The van der Waals surface area contributed by atoms with Crippen molar-refractivity contribution in [3.8, 4) is 16.3 Å². The molecule has 1 aliphatic rings. The molecule has 9 nitrogen and oxygen atoms in total. The summed E-state index contributed by atoms with van der Waals surface area (Å²) in [6, 6.07) is 15.1. The molecule has 1 unspecified atom stereocenters. The maximum Gasteiger partial charge on any atom is 0.342 e. The van der Waals surface area contributed by atoms with Crippen molar-refractivity contribution in [1.82, 2.24) is 24.6 Å². The van der Waals surface area contributed by atoms with Gasteiger partial charge in [-0.25, -0.2) is 19.4 Å². The summed E-state index contributed by atoms with van der Waals surface area (Å²) in [6.07, 6.45) is 4.14. The second-order valence-electron chi connectivity index (χ2n) is 8.06. The molecule has 4 heterocycles. The fourth-order valence-electron chi connectivity index (χ4n) is 3.94. The summed E-state index contributed by atoms with van der Waals surface area (Å²) < 4.78 is 7.29. The van der Waals surface area contributed by atoms with E-state index in [0.717, 1.165) is 10.6 Å². The van der Waals surface area contributed by atoms with Gasteiger partial charge >= 0.3 is 5.97 Å². The van der Waals surface area contributed by atoms with Gasteiger partial charge in [0.05, 0.1) is 10.6 Å². The topological polar surface area (TPSA) is 93.5 Å². The van der Waals surface area contributed by atoms with Crippen LogP contribution in [0.1, 0.15) is 17.3 Å². The predicted molar refractivity (Wildman–Crippen MR) is 133 cm³/mol. The van der Waals surface area contributed by atoms with E-state index in [-0.39, 0.29) is 5.91 Å². The van der Waals surface area contributed by atoms with Crippen LogP contribution < -0.4 is 4.90 Å². The van der Waals surface area contributed by atoms with Gasteiger partial charge in [-0.15, -0.1) is 11.3 Å². The average molecular weight is 489 g/mol. The first-order valence-electron chi connectivity index (χ1n) is 11.3. The SMILES string of the molecule is CC(OC(=O)c1cn(-c2ccccc2)nc1-c1cccs1)C(=O)N1CCN(c2ncccn2)CC1. The maximum absolute atomic E-state index is 13.2. The number of aromatic nitrogens is 4. The molecule has 0 N–H and O–H groups in total. The minimum absolute atomic E-state index is 0.222. The van der Waals surface area contributed by atoms with Gasteiger partial charge in [-0.2, -0.15) is 5.10 Å². The van der Waals surface area contributed by atoms with Crippen molar-refractivity contribution in [3.05, 3.63) is 78.1 Å². The number of amides is 1. The highest BCUT2D eigenvalue weighted by atomic mass is 32.1. The largest absolute Gasteiger partial charge is 0.449 e. The third kappa shape index (κ3) is 4.92. The molecule has 1 saturated heterocycles. The van der Waals surface area contributed by atoms with E-state index < -0.39 is 12.1 Å². The Morgan fingerprint density at radius 1 is 0.971 bits per heavy atom. The molecule has 0 radical (unpaired) electrons. The highest BCUT2D eigenvalue weighted by molar-refractivity contribution is 7.13. The van der Waals surface area contributed by atoms with Gasteiger partial charge < -0.3 is 14.5 Å². The fourth-order valence-corrected chi connectivity index (χ4v) is 4.67. The monoisotopic (exact) mass is 488 g/mol. The van der Waals surface area contributed by atoms with Gasteiger partial charge in [0.2, 0.25) is 5.95 Å². The molecule has 1 aliphatic heterocycles. The molecule has 1 aromatic carbocycles. The van der Waals surface area contributed by atoms with Gasteiger partial charge in [0.1, 0.15) is 11.3 Å². The molecule has 178 valence electrons. The molecule has 4 aromatic rings. The number of thiophene rings is 1. The van der Waals surface area contributed by atoms with Crippen molar-refractivity contribution in [2.24, 2.45) is 0 Å². The van der Waals surface area contributed by atoms with E-state index in [2.05, 4.69) is 15.1 Å². The van der Waals surface area contributed by atoms with Crippen LogP contribution in [0.2, 0.25) is 0 Å². The third-order valence-electron chi connectivity index (χ3n) is 5.77. The van der Waals surface area contributed by atoms with Crippen LogP contribution in [0.15, 0.2) is 72.5 Å². The lowest BCUT2D eigenvalue weighted by Crippen LogP contribution is -2.52. The molecular weight excluding hydrogens is 464 g/mol. The Labute approximate surface area is 206 Å². The Hall–Kier alpha value is -4.05. The number of hydrogen-bond donors (Lipinski definition) is 0. The van der Waals surface area contributed by atoms with Crippen LogP contribution >= 0.6 is 11.3 Å². The number of para-hydroxylation sites is 1. The molecule has 0 spiro atoms. The van der Waals surface area contributed by atoms with Crippen molar-refractivity contribution in [3.63, 3.8) is 0 Å². The zero-order valence-electron chi connectivity index (χ0n) is 19.2. The van der Waals surface area contributed by atoms with Gasteiger partial charge in [0.15, 0.2) is 6.10 Å². The summed E-state index contributed by atoms with van der Waals surface area (Å²) in [5, 5.41) is 6.57. The Balaban J connectivity index is 1.28. The van der Waals surface area contributed by atoms with E-state index in [4.69, 9.17) is 4.74 Å². The number of piperazine rings is 1. The average Bonchev–Trinajstić information content (AvgIpc) is 3.60. The highest BCUT2D eigenvalue weighted by Crippen LogP contribution is 2.28. The first-order chi connectivity index (χ1) is 17.1. The number of hydrogen-bond acceptors (Lipinski definition) is 8. The third-order valence-corrected chi connectivity index (χ3v) is 6.64. The molecular formula is C25H24N6O3S. The molecule has 35 heavy (non-hydrogen) atoms. The summed E-state index contributed by atoms with van der Waals surface area (Å²) in [5.74, 6) is -0.150. The summed E-state index contributed by atoms with van der Waals surface area (Å²) >= 11 is 1.49. The fraction of sp³-hybridized carbons (Fsp3) is 0.240. The van der Waals surface area contributed by atoms with E-state index in [0.29, 0.717) is 43.4 Å². The first-order valence-corrected chi connectivity index (χ1v) is 12.2. The van der Waals surface area contributed by atoms with E-state index >= 15 is 0 Å². The summed E-state index contributed by atoms with van der Waals surface area (Å²) in [5.41, 5.74) is 1.68. The molecule has 0 aliphatic carbocycles. The number of nitrogens with zero attached hydrogens (tertiary/aromatic N) is 6. The van der Waals surface area contributed by atoms with Crippen LogP contribution in [0.4, 0.5) is 5.95 Å². The maximum atomic E-state index is 13.2. The number of anilines is 1. The van der Waals surface area contributed by atoms with Crippen LogP contribution in [0.25, 0.3) is 16.3 Å². The van der Waals surface area contributed by atoms with Crippen LogP contribution in [0.5, 0.6) is 0 Å². The summed E-state index contributed by atoms with van der Waals surface area (Å²) in [6.45, 7) is 3.85. The molecule has 3 aromatic heterocycles. The Morgan fingerprint density at radius 2 is 1.71 bits per heavy atom. The molecule has 1 fully saturated rings. The Morgan fingerprint density at radius 3 is 2.40 bits per heavy atom. The van der Waals surface area contributed by atoms with Crippen LogP contribution in [0, 0.1) is 0 Å². The van der Waals surface area contributed by atoms with E-state index in [1.165, 1.54) is 11.3 Å². The number of ether oxygens (including phenoxy) is 1. The Bertz CT molecular complexity index is 1290. The minimum Gasteiger partial charge on any atom is -0.449 e. The normalized spacial score (nSPS) is 14.5. The number of rotatable bonds is 6. The van der Waals surface area contributed by atoms with E-state index in [1.807, 2.05) is 52.7 Å². The lowest BCUT2D eigenvalue weighted by Gasteiger charge is -2.35. The van der Waals surface area contributed by atoms with Crippen molar-refractivity contribution in [2.45, 2.75) is 13.0 Å². The zero-order valence-corrected chi connectivity index (χ0v) is 20.0. The van der Waals surface area contributed by atoms with Crippen molar-refractivity contribution >= 4 is 29.2 Å². The summed E-state index contributed by atoms with van der Waals surface area (Å²) in [7, 11) is 0. The molecule has 10 heteroatoms. The quantitative estimate of drug-likeness (QED) is 0.385. The molecule has 1 amide bonds. The van der Waals surface area contributed by atoms with Gasteiger partial charge in [-0.3, -0.25) is 4.79 Å². The summed E-state index contributed by atoms with van der Waals surface area (Å²) in [4.78, 5) is 39.3.